The molecule has 148 valence electrons. The Kier molecular flexibility index (Phi) is 5.46. The standard InChI is InChI=1S/C19H24F3N3O2/c1-14-7-5-6-10-18(14)16(26)25(17(27)23-18)13-24(12-19(20,21)22)11-15-8-3-2-4-9-15/h2-4,8-9,14H,5-7,10-13H2,1H3,(H,23,27). The Morgan fingerprint density at radius 2 is 1.93 bits per heavy atom. The highest BCUT2D eigenvalue weighted by Crippen LogP contribution is 2.38. The van der Waals surface area contributed by atoms with E-state index < -0.39 is 30.2 Å². The summed E-state index contributed by atoms with van der Waals surface area (Å²) in [4.78, 5) is 27.5. The molecule has 2 aliphatic rings. The van der Waals surface area contributed by atoms with E-state index in [0.29, 0.717) is 12.0 Å². The van der Waals surface area contributed by atoms with Crippen LogP contribution in [0.2, 0.25) is 0 Å². The number of alkyl halides is 3. The van der Waals surface area contributed by atoms with E-state index in [1.54, 1.807) is 30.3 Å². The lowest BCUT2D eigenvalue weighted by molar-refractivity contribution is -0.154. The minimum absolute atomic E-state index is 0.0000361. The van der Waals surface area contributed by atoms with E-state index in [1.807, 2.05) is 6.92 Å². The molecule has 1 heterocycles. The summed E-state index contributed by atoms with van der Waals surface area (Å²) in [7, 11) is 0. The maximum atomic E-state index is 13.0. The van der Waals surface area contributed by atoms with Crippen LogP contribution in [0.1, 0.15) is 38.2 Å². The smallest absolute Gasteiger partial charge is 0.323 e. The van der Waals surface area contributed by atoms with E-state index in [-0.39, 0.29) is 19.1 Å². The molecule has 0 aromatic heterocycles. The lowest BCUT2D eigenvalue weighted by Crippen LogP contribution is -2.54. The Bertz CT molecular complexity index is 695. The third-order valence-corrected chi connectivity index (χ3v) is 5.49. The van der Waals surface area contributed by atoms with Crippen LogP contribution in [0.3, 0.4) is 0 Å². The van der Waals surface area contributed by atoms with Crippen molar-refractivity contribution in [3.8, 4) is 0 Å². The van der Waals surface area contributed by atoms with Crippen LogP contribution in [0, 0.1) is 5.92 Å². The molecule has 1 N–H and O–H groups in total. The number of halogens is 3. The molecule has 1 aliphatic carbocycles. The molecular weight excluding hydrogens is 359 g/mol. The van der Waals surface area contributed by atoms with Crippen molar-refractivity contribution in [2.24, 2.45) is 5.92 Å². The Hall–Kier alpha value is -2.09. The van der Waals surface area contributed by atoms with E-state index >= 15 is 0 Å². The molecule has 2 atom stereocenters. The molecule has 1 aromatic rings. The summed E-state index contributed by atoms with van der Waals surface area (Å²) in [5.74, 6) is -0.433. The number of hydrogen-bond acceptors (Lipinski definition) is 3. The van der Waals surface area contributed by atoms with Crippen molar-refractivity contribution in [2.45, 2.75) is 50.9 Å². The van der Waals surface area contributed by atoms with Gasteiger partial charge in [-0.1, -0.05) is 50.1 Å². The van der Waals surface area contributed by atoms with Crippen molar-refractivity contribution in [3.05, 3.63) is 35.9 Å². The van der Waals surface area contributed by atoms with Crippen LogP contribution in [0.5, 0.6) is 0 Å². The zero-order valence-electron chi connectivity index (χ0n) is 15.3. The molecule has 0 radical (unpaired) electrons. The van der Waals surface area contributed by atoms with Gasteiger partial charge < -0.3 is 5.32 Å². The number of nitrogens with one attached hydrogen (secondary N) is 1. The molecule has 5 nitrogen and oxygen atoms in total. The number of carbonyl (C=O) groups is 2. The van der Waals surface area contributed by atoms with Crippen molar-refractivity contribution in [1.82, 2.24) is 15.1 Å². The van der Waals surface area contributed by atoms with Gasteiger partial charge in [-0.3, -0.25) is 9.69 Å². The van der Waals surface area contributed by atoms with Crippen LogP contribution in [0.4, 0.5) is 18.0 Å². The fourth-order valence-electron chi connectivity index (χ4n) is 4.07. The second-order valence-electron chi connectivity index (χ2n) is 7.51. The fourth-order valence-corrected chi connectivity index (χ4v) is 4.07. The van der Waals surface area contributed by atoms with E-state index in [4.69, 9.17) is 0 Å². The molecule has 27 heavy (non-hydrogen) atoms. The predicted octanol–water partition coefficient (Wildman–Crippen LogP) is 3.51. The maximum Gasteiger partial charge on any atom is 0.401 e. The SMILES string of the molecule is CC1CCCCC12NC(=O)N(CN(Cc1ccccc1)CC(F)(F)F)C2=O. The fraction of sp³-hybridized carbons (Fsp3) is 0.579. The first kappa shape index (κ1) is 19.7. The number of hydrogen-bond donors (Lipinski definition) is 1. The lowest BCUT2D eigenvalue weighted by Gasteiger charge is -2.37. The van der Waals surface area contributed by atoms with Gasteiger partial charge in [0.2, 0.25) is 0 Å². The molecule has 1 aromatic carbocycles. The molecule has 2 unspecified atom stereocenters. The van der Waals surface area contributed by atoms with Gasteiger partial charge in [0, 0.05) is 6.54 Å². The highest BCUT2D eigenvalue weighted by Gasteiger charge is 2.55. The third kappa shape index (κ3) is 4.26. The van der Waals surface area contributed by atoms with Gasteiger partial charge in [-0.2, -0.15) is 13.2 Å². The summed E-state index contributed by atoms with van der Waals surface area (Å²) in [5, 5.41) is 2.78. The van der Waals surface area contributed by atoms with Gasteiger partial charge in [-0.15, -0.1) is 0 Å². The minimum atomic E-state index is -4.43. The first-order chi connectivity index (χ1) is 12.7. The predicted molar refractivity (Wildman–Crippen MR) is 93.5 cm³/mol. The van der Waals surface area contributed by atoms with Crippen molar-refractivity contribution in [1.29, 1.82) is 0 Å². The van der Waals surface area contributed by atoms with Gasteiger partial charge in [0.1, 0.15) is 5.54 Å². The van der Waals surface area contributed by atoms with E-state index in [2.05, 4.69) is 5.32 Å². The molecule has 1 saturated carbocycles. The number of urea groups is 1. The highest BCUT2D eigenvalue weighted by atomic mass is 19.4. The third-order valence-electron chi connectivity index (χ3n) is 5.49. The molecular formula is C19H24F3N3O2. The summed E-state index contributed by atoms with van der Waals surface area (Å²) in [5.41, 5.74) is -0.277. The molecule has 1 saturated heterocycles. The van der Waals surface area contributed by atoms with Gasteiger partial charge in [0.05, 0.1) is 13.2 Å². The monoisotopic (exact) mass is 383 g/mol. The molecule has 2 fully saturated rings. The van der Waals surface area contributed by atoms with Gasteiger partial charge in [0.15, 0.2) is 0 Å². The summed E-state index contributed by atoms with van der Waals surface area (Å²) in [6.07, 6.45) is -1.27. The Morgan fingerprint density at radius 1 is 1.22 bits per heavy atom. The number of carbonyl (C=O) groups excluding carboxylic acids is 2. The summed E-state index contributed by atoms with van der Waals surface area (Å²) >= 11 is 0. The van der Waals surface area contributed by atoms with Gasteiger partial charge >= 0.3 is 12.2 Å². The minimum Gasteiger partial charge on any atom is -0.323 e. The highest BCUT2D eigenvalue weighted by molar-refractivity contribution is 6.07. The summed E-state index contributed by atoms with van der Waals surface area (Å²) in [6.45, 7) is 0.341. The second-order valence-corrected chi connectivity index (χ2v) is 7.51. The summed E-state index contributed by atoms with van der Waals surface area (Å²) in [6, 6.07) is 8.11. The zero-order chi connectivity index (χ0) is 19.7. The van der Waals surface area contributed by atoms with Gasteiger partial charge in [-0.25, -0.2) is 9.69 Å². The molecule has 0 bridgehead atoms. The number of amides is 3. The number of rotatable bonds is 5. The number of imide groups is 1. The van der Waals surface area contributed by atoms with Crippen molar-refractivity contribution < 1.29 is 22.8 Å². The molecule has 1 spiro atoms. The van der Waals surface area contributed by atoms with Crippen LogP contribution in [-0.4, -0.2) is 46.7 Å². The number of nitrogens with zero attached hydrogens (tertiary/aromatic N) is 2. The first-order valence-electron chi connectivity index (χ1n) is 9.18. The topological polar surface area (TPSA) is 52.7 Å². The van der Waals surface area contributed by atoms with Crippen LogP contribution in [0.25, 0.3) is 0 Å². The average Bonchev–Trinajstić information content (AvgIpc) is 2.82. The Morgan fingerprint density at radius 3 is 2.56 bits per heavy atom. The van der Waals surface area contributed by atoms with Crippen LogP contribution in [-0.2, 0) is 11.3 Å². The molecule has 3 amide bonds. The van der Waals surface area contributed by atoms with Crippen LogP contribution < -0.4 is 5.32 Å². The van der Waals surface area contributed by atoms with Crippen molar-refractivity contribution in [2.75, 3.05) is 13.2 Å². The average molecular weight is 383 g/mol. The lowest BCUT2D eigenvalue weighted by atomic mass is 9.73. The zero-order valence-corrected chi connectivity index (χ0v) is 15.3. The summed E-state index contributed by atoms with van der Waals surface area (Å²) < 4.78 is 39.1. The molecule has 3 rings (SSSR count). The van der Waals surface area contributed by atoms with E-state index in [1.165, 1.54) is 0 Å². The normalized spacial score (nSPS) is 26.1. The maximum absolute atomic E-state index is 13.0. The Balaban J connectivity index is 1.78. The quantitative estimate of drug-likeness (QED) is 0.792. The van der Waals surface area contributed by atoms with E-state index in [9.17, 15) is 22.8 Å². The van der Waals surface area contributed by atoms with E-state index in [0.717, 1.165) is 29.1 Å². The largest absolute Gasteiger partial charge is 0.401 e. The second kappa shape index (κ2) is 7.50. The van der Waals surface area contributed by atoms with Crippen molar-refractivity contribution >= 4 is 11.9 Å². The van der Waals surface area contributed by atoms with Crippen molar-refractivity contribution in [3.63, 3.8) is 0 Å². The van der Waals surface area contributed by atoms with Gasteiger partial charge in [0.25, 0.3) is 5.91 Å². The molecule has 8 heteroatoms. The Labute approximate surface area is 156 Å². The number of benzene rings is 1. The first-order valence-corrected chi connectivity index (χ1v) is 9.18. The molecule has 1 aliphatic heterocycles. The van der Waals surface area contributed by atoms with Crippen LogP contribution >= 0.6 is 0 Å². The van der Waals surface area contributed by atoms with Crippen LogP contribution in [0.15, 0.2) is 30.3 Å². The van der Waals surface area contributed by atoms with Gasteiger partial charge in [-0.05, 0) is 24.3 Å².